The number of carbonyl (C=O) groups is 1. The lowest BCUT2D eigenvalue weighted by Gasteiger charge is -2.33. The molecule has 6 heteroatoms. The summed E-state index contributed by atoms with van der Waals surface area (Å²) in [5.74, 6) is 0.279. The zero-order valence-corrected chi connectivity index (χ0v) is 17.1. The van der Waals surface area contributed by atoms with Crippen LogP contribution in [0.3, 0.4) is 0 Å². The number of H-pyrrole nitrogens is 1. The van der Waals surface area contributed by atoms with Gasteiger partial charge in [-0.15, -0.1) is 0 Å². The molecule has 29 heavy (non-hydrogen) atoms. The summed E-state index contributed by atoms with van der Waals surface area (Å²) in [6.07, 6.45) is 8.84. The summed E-state index contributed by atoms with van der Waals surface area (Å²) >= 11 is 0. The first-order valence-corrected chi connectivity index (χ1v) is 10.4. The van der Waals surface area contributed by atoms with Crippen LogP contribution >= 0.6 is 0 Å². The smallest absolute Gasteiger partial charge is 0.257 e. The Balaban J connectivity index is 1.56. The first kappa shape index (κ1) is 19.3. The Morgan fingerprint density at radius 1 is 1.24 bits per heavy atom. The summed E-state index contributed by atoms with van der Waals surface area (Å²) in [4.78, 5) is 23.6. The number of nitrogens with one attached hydrogen (secondary N) is 1. The molecule has 1 atom stereocenters. The fourth-order valence-corrected chi connectivity index (χ4v) is 4.11. The number of carbonyl (C=O) groups excluding carboxylic acids is 1. The van der Waals surface area contributed by atoms with Gasteiger partial charge in [-0.2, -0.15) is 5.10 Å². The fraction of sp³-hybridized carbons (Fsp3) is 0.391. The molecule has 0 saturated carbocycles. The van der Waals surface area contributed by atoms with Gasteiger partial charge in [-0.05, 0) is 31.7 Å². The Labute approximate surface area is 171 Å². The Bertz CT molecular complexity index is 979. The lowest BCUT2D eigenvalue weighted by molar-refractivity contribution is 0.0703. The molecule has 1 fully saturated rings. The van der Waals surface area contributed by atoms with E-state index >= 15 is 0 Å². The quantitative estimate of drug-likeness (QED) is 0.711. The number of hydrogen-bond acceptors (Lipinski definition) is 4. The molecule has 150 valence electrons. The number of aromatic amines is 1. The SMILES string of the molecule is CCCc1ncncc1C(=O)N1CCC[C@@H](c2[nH]ncc2-c2ccc(C)cc2)C1. The lowest BCUT2D eigenvalue weighted by Crippen LogP contribution is -2.39. The largest absolute Gasteiger partial charge is 0.338 e. The van der Waals surface area contributed by atoms with Crippen molar-refractivity contribution in [3.05, 3.63) is 65.5 Å². The number of likely N-dealkylation sites (tertiary alicyclic amines) is 1. The van der Waals surface area contributed by atoms with Crippen molar-refractivity contribution in [2.24, 2.45) is 0 Å². The second-order valence-electron chi connectivity index (χ2n) is 7.79. The number of aryl methyl sites for hydroxylation is 2. The summed E-state index contributed by atoms with van der Waals surface area (Å²) in [6.45, 7) is 5.63. The van der Waals surface area contributed by atoms with Gasteiger partial charge in [0, 0.05) is 36.5 Å². The molecular weight excluding hydrogens is 362 g/mol. The van der Waals surface area contributed by atoms with Crippen LogP contribution < -0.4 is 0 Å². The standard InChI is InChI=1S/C23H27N5O/c1-3-5-21-20(12-24-15-25-21)23(29)28-11-4-6-18(14-28)22-19(13-26-27-22)17-9-7-16(2)8-10-17/h7-10,12-13,15,18H,3-6,11,14H2,1-2H3,(H,26,27)/t18-/m1/s1. The van der Waals surface area contributed by atoms with Crippen LogP contribution in [-0.4, -0.2) is 44.1 Å². The molecule has 1 aliphatic rings. The van der Waals surface area contributed by atoms with Gasteiger partial charge in [0.25, 0.3) is 5.91 Å². The Hall–Kier alpha value is -3.02. The number of nitrogens with zero attached hydrogens (tertiary/aromatic N) is 4. The molecule has 1 aromatic carbocycles. The van der Waals surface area contributed by atoms with Crippen LogP contribution in [0.15, 0.2) is 43.0 Å². The van der Waals surface area contributed by atoms with Crippen LogP contribution in [0.2, 0.25) is 0 Å². The minimum absolute atomic E-state index is 0.0372. The molecule has 1 N–H and O–H groups in total. The van der Waals surface area contributed by atoms with Gasteiger partial charge >= 0.3 is 0 Å². The van der Waals surface area contributed by atoms with Gasteiger partial charge in [-0.3, -0.25) is 9.89 Å². The van der Waals surface area contributed by atoms with Gasteiger partial charge in [0.2, 0.25) is 0 Å². The topological polar surface area (TPSA) is 74.8 Å². The van der Waals surface area contributed by atoms with Gasteiger partial charge < -0.3 is 4.90 Å². The summed E-state index contributed by atoms with van der Waals surface area (Å²) in [5.41, 5.74) is 6.11. The van der Waals surface area contributed by atoms with Gasteiger partial charge in [0.15, 0.2) is 0 Å². The van der Waals surface area contributed by atoms with E-state index in [0.29, 0.717) is 12.1 Å². The zero-order chi connectivity index (χ0) is 20.2. The molecule has 0 unspecified atom stereocenters. The molecular formula is C23H27N5O. The zero-order valence-electron chi connectivity index (χ0n) is 17.1. The van der Waals surface area contributed by atoms with E-state index in [1.807, 2.05) is 11.1 Å². The molecule has 6 nitrogen and oxygen atoms in total. The minimum Gasteiger partial charge on any atom is -0.338 e. The van der Waals surface area contributed by atoms with Gasteiger partial charge in [0.1, 0.15) is 6.33 Å². The average molecular weight is 390 g/mol. The number of piperidine rings is 1. The van der Waals surface area contributed by atoms with Crippen molar-refractivity contribution in [3.63, 3.8) is 0 Å². The number of rotatable bonds is 5. The van der Waals surface area contributed by atoms with Crippen molar-refractivity contribution in [3.8, 4) is 11.1 Å². The normalized spacial score (nSPS) is 16.8. The highest BCUT2D eigenvalue weighted by Gasteiger charge is 2.29. The van der Waals surface area contributed by atoms with Crippen LogP contribution in [0.25, 0.3) is 11.1 Å². The number of hydrogen-bond donors (Lipinski definition) is 1. The Morgan fingerprint density at radius 3 is 2.86 bits per heavy atom. The molecule has 0 radical (unpaired) electrons. The van der Waals surface area contributed by atoms with Crippen molar-refractivity contribution in [1.82, 2.24) is 25.1 Å². The monoisotopic (exact) mass is 389 g/mol. The van der Waals surface area contributed by atoms with E-state index in [2.05, 4.69) is 58.3 Å². The van der Waals surface area contributed by atoms with E-state index in [-0.39, 0.29) is 11.8 Å². The molecule has 1 saturated heterocycles. The highest BCUT2D eigenvalue weighted by molar-refractivity contribution is 5.95. The Kier molecular flexibility index (Phi) is 5.69. The number of benzene rings is 1. The fourth-order valence-electron chi connectivity index (χ4n) is 4.11. The predicted octanol–water partition coefficient (Wildman–Crippen LogP) is 4.15. The minimum atomic E-state index is 0.0372. The van der Waals surface area contributed by atoms with Crippen LogP contribution in [-0.2, 0) is 6.42 Å². The molecule has 0 spiro atoms. The molecule has 3 heterocycles. The van der Waals surface area contributed by atoms with Crippen LogP contribution in [0, 0.1) is 6.92 Å². The molecule has 0 bridgehead atoms. The maximum Gasteiger partial charge on any atom is 0.257 e. The molecule has 4 rings (SSSR count). The van der Waals surface area contributed by atoms with Crippen LogP contribution in [0.4, 0.5) is 0 Å². The van der Waals surface area contributed by atoms with Crippen molar-refractivity contribution < 1.29 is 4.79 Å². The van der Waals surface area contributed by atoms with E-state index in [1.165, 1.54) is 11.9 Å². The van der Waals surface area contributed by atoms with Crippen molar-refractivity contribution >= 4 is 5.91 Å². The average Bonchev–Trinajstić information content (AvgIpc) is 3.24. The summed E-state index contributed by atoms with van der Waals surface area (Å²) in [5, 5.41) is 7.52. The number of aromatic nitrogens is 4. The molecule has 1 amide bonds. The van der Waals surface area contributed by atoms with Crippen LogP contribution in [0.1, 0.15) is 59.4 Å². The highest BCUT2D eigenvalue weighted by Crippen LogP contribution is 2.33. The molecule has 0 aliphatic carbocycles. The van der Waals surface area contributed by atoms with E-state index < -0.39 is 0 Å². The maximum atomic E-state index is 13.2. The van der Waals surface area contributed by atoms with Crippen molar-refractivity contribution in [2.45, 2.75) is 45.4 Å². The third-order valence-corrected chi connectivity index (χ3v) is 5.66. The first-order chi connectivity index (χ1) is 14.2. The third kappa shape index (κ3) is 4.06. The van der Waals surface area contributed by atoms with Crippen molar-refractivity contribution in [1.29, 1.82) is 0 Å². The van der Waals surface area contributed by atoms with Gasteiger partial charge in [-0.25, -0.2) is 9.97 Å². The van der Waals surface area contributed by atoms with E-state index in [9.17, 15) is 4.79 Å². The summed E-state index contributed by atoms with van der Waals surface area (Å²) < 4.78 is 0. The predicted molar refractivity (Wildman–Crippen MR) is 113 cm³/mol. The maximum absolute atomic E-state index is 13.2. The number of amides is 1. The highest BCUT2D eigenvalue weighted by atomic mass is 16.2. The van der Waals surface area contributed by atoms with E-state index in [4.69, 9.17) is 0 Å². The summed E-state index contributed by atoms with van der Waals surface area (Å²) in [6, 6.07) is 8.50. The van der Waals surface area contributed by atoms with Gasteiger partial charge in [-0.1, -0.05) is 43.2 Å². The molecule has 1 aliphatic heterocycles. The molecule has 3 aromatic rings. The lowest BCUT2D eigenvalue weighted by atomic mass is 9.90. The van der Waals surface area contributed by atoms with E-state index in [0.717, 1.165) is 54.7 Å². The second-order valence-corrected chi connectivity index (χ2v) is 7.79. The first-order valence-electron chi connectivity index (χ1n) is 10.4. The van der Waals surface area contributed by atoms with Crippen LogP contribution in [0.5, 0.6) is 0 Å². The van der Waals surface area contributed by atoms with Gasteiger partial charge in [0.05, 0.1) is 17.5 Å². The second kappa shape index (κ2) is 8.55. The molecule has 2 aromatic heterocycles. The Morgan fingerprint density at radius 2 is 2.07 bits per heavy atom. The third-order valence-electron chi connectivity index (χ3n) is 5.66. The van der Waals surface area contributed by atoms with Crippen molar-refractivity contribution in [2.75, 3.05) is 13.1 Å². The van der Waals surface area contributed by atoms with E-state index in [1.54, 1.807) is 6.20 Å². The summed E-state index contributed by atoms with van der Waals surface area (Å²) in [7, 11) is 0.